The molecule has 1 aliphatic rings. The lowest BCUT2D eigenvalue weighted by atomic mass is 10.3. The minimum absolute atomic E-state index is 0.362. The molecule has 1 aromatic carbocycles. The molecule has 1 fully saturated rings. The van der Waals surface area contributed by atoms with Crippen molar-refractivity contribution >= 4 is 11.8 Å². The van der Waals surface area contributed by atoms with Gasteiger partial charge in [0.2, 0.25) is 0 Å². The van der Waals surface area contributed by atoms with Crippen molar-refractivity contribution in [2.45, 2.75) is 35.4 Å². The van der Waals surface area contributed by atoms with Crippen molar-refractivity contribution in [1.29, 1.82) is 0 Å². The number of thioether (sulfide) groups is 1. The number of rotatable bonds is 3. The summed E-state index contributed by atoms with van der Waals surface area (Å²) in [6.07, 6.45) is 3.67. The number of hydrogen-bond acceptors (Lipinski definition) is 3. The van der Waals surface area contributed by atoms with Crippen molar-refractivity contribution in [2.24, 2.45) is 5.73 Å². The first-order chi connectivity index (χ1) is 7.29. The molecule has 0 aromatic heterocycles. The first kappa shape index (κ1) is 10.8. The predicted molar refractivity (Wildman–Crippen MR) is 64.5 cm³/mol. The van der Waals surface area contributed by atoms with Gasteiger partial charge in [0.05, 0.1) is 7.11 Å². The molecule has 0 saturated heterocycles. The standard InChI is InChI=1S/C12H17NOS/c1-14-9-4-2-5-10(8-9)15-12-7-3-6-11(12)13/h2,4-5,8,11-12H,3,6-7,13H2,1H3. The van der Waals surface area contributed by atoms with Crippen LogP contribution in [0.4, 0.5) is 0 Å². The quantitative estimate of drug-likeness (QED) is 0.855. The van der Waals surface area contributed by atoms with Crippen LogP contribution in [0.25, 0.3) is 0 Å². The van der Waals surface area contributed by atoms with Gasteiger partial charge in [-0.2, -0.15) is 0 Å². The maximum absolute atomic E-state index is 6.05. The van der Waals surface area contributed by atoms with E-state index in [0.29, 0.717) is 11.3 Å². The molecular weight excluding hydrogens is 206 g/mol. The van der Waals surface area contributed by atoms with E-state index >= 15 is 0 Å². The smallest absolute Gasteiger partial charge is 0.119 e. The fourth-order valence-electron chi connectivity index (χ4n) is 1.95. The topological polar surface area (TPSA) is 35.2 Å². The highest BCUT2D eigenvalue weighted by Crippen LogP contribution is 2.35. The van der Waals surface area contributed by atoms with Crippen molar-refractivity contribution < 1.29 is 4.74 Å². The zero-order valence-electron chi connectivity index (χ0n) is 8.98. The van der Waals surface area contributed by atoms with Gasteiger partial charge in [-0.15, -0.1) is 11.8 Å². The van der Waals surface area contributed by atoms with Gasteiger partial charge in [0.15, 0.2) is 0 Å². The molecule has 0 heterocycles. The van der Waals surface area contributed by atoms with E-state index in [1.54, 1.807) is 7.11 Å². The van der Waals surface area contributed by atoms with E-state index < -0.39 is 0 Å². The summed E-state index contributed by atoms with van der Waals surface area (Å²) >= 11 is 1.88. The van der Waals surface area contributed by atoms with Crippen LogP contribution in [-0.2, 0) is 0 Å². The largest absolute Gasteiger partial charge is 0.497 e. The van der Waals surface area contributed by atoms with Gasteiger partial charge in [0, 0.05) is 16.2 Å². The van der Waals surface area contributed by atoms with Gasteiger partial charge in [0.25, 0.3) is 0 Å². The van der Waals surface area contributed by atoms with E-state index in [0.717, 1.165) is 5.75 Å². The molecule has 1 aromatic rings. The van der Waals surface area contributed by atoms with Crippen LogP contribution >= 0.6 is 11.8 Å². The van der Waals surface area contributed by atoms with Crippen LogP contribution in [0.5, 0.6) is 5.75 Å². The molecule has 0 amide bonds. The normalized spacial score (nSPS) is 25.5. The van der Waals surface area contributed by atoms with Crippen LogP contribution in [0.1, 0.15) is 19.3 Å². The Kier molecular flexibility index (Phi) is 3.54. The Bertz CT molecular complexity index is 329. The third-order valence-electron chi connectivity index (χ3n) is 2.83. The molecular formula is C12H17NOS. The third kappa shape index (κ3) is 2.67. The Morgan fingerprint density at radius 3 is 2.93 bits per heavy atom. The Morgan fingerprint density at radius 2 is 2.27 bits per heavy atom. The van der Waals surface area contributed by atoms with Crippen molar-refractivity contribution in [1.82, 2.24) is 0 Å². The molecule has 2 N–H and O–H groups in total. The second-order valence-corrected chi connectivity index (χ2v) is 5.24. The number of methoxy groups -OCH3 is 1. The van der Waals surface area contributed by atoms with Crippen LogP contribution in [-0.4, -0.2) is 18.4 Å². The van der Waals surface area contributed by atoms with Crippen LogP contribution < -0.4 is 10.5 Å². The van der Waals surface area contributed by atoms with Gasteiger partial charge in [-0.25, -0.2) is 0 Å². The average Bonchev–Trinajstić information content (AvgIpc) is 2.65. The number of nitrogens with two attached hydrogens (primary N) is 1. The lowest BCUT2D eigenvalue weighted by Gasteiger charge is -2.14. The summed E-state index contributed by atoms with van der Waals surface area (Å²) in [6.45, 7) is 0. The van der Waals surface area contributed by atoms with Crippen LogP contribution in [0, 0.1) is 0 Å². The fourth-order valence-corrected chi connectivity index (χ4v) is 3.24. The lowest BCUT2D eigenvalue weighted by Crippen LogP contribution is -2.26. The summed E-state index contributed by atoms with van der Waals surface area (Å²) in [5.74, 6) is 0.923. The van der Waals surface area contributed by atoms with Gasteiger partial charge in [-0.1, -0.05) is 12.5 Å². The van der Waals surface area contributed by atoms with Crippen molar-refractivity contribution in [2.75, 3.05) is 7.11 Å². The van der Waals surface area contributed by atoms with Crippen molar-refractivity contribution in [3.05, 3.63) is 24.3 Å². The predicted octanol–water partition coefficient (Wildman–Crippen LogP) is 2.67. The van der Waals surface area contributed by atoms with Crippen LogP contribution in [0.3, 0.4) is 0 Å². The summed E-state index contributed by atoms with van der Waals surface area (Å²) in [4.78, 5) is 1.26. The molecule has 3 heteroatoms. The molecule has 0 bridgehead atoms. The van der Waals surface area contributed by atoms with E-state index in [1.165, 1.54) is 24.2 Å². The second kappa shape index (κ2) is 4.90. The molecule has 1 saturated carbocycles. The molecule has 2 nitrogen and oxygen atoms in total. The van der Waals surface area contributed by atoms with Crippen LogP contribution in [0.15, 0.2) is 29.2 Å². The van der Waals surface area contributed by atoms with E-state index in [9.17, 15) is 0 Å². The Balaban J connectivity index is 2.03. The molecule has 0 spiro atoms. The molecule has 15 heavy (non-hydrogen) atoms. The molecule has 2 atom stereocenters. The van der Waals surface area contributed by atoms with Crippen molar-refractivity contribution in [3.8, 4) is 5.75 Å². The van der Waals surface area contributed by atoms with Gasteiger partial charge < -0.3 is 10.5 Å². The maximum Gasteiger partial charge on any atom is 0.119 e. The maximum atomic E-state index is 6.05. The third-order valence-corrected chi connectivity index (χ3v) is 4.25. The summed E-state index contributed by atoms with van der Waals surface area (Å²) in [7, 11) is 1.70. The van der Waals surface area contributed by atoms with E-state index in [1.807, 2.05) is 23.9 Å². The first-order valence-corrected chi connectivity index (χ1v) is 6.24. The summed E-state index contributed by atoms with van der Waals surface area (Å²) in [6, 6.07) is 8.56. The summed E-state index contributed by atoms with van der Waals surface area (Å²) in [5.41, 5.74) is 6.05. The number of hydrogen-bond donors (Lipinski definition) is 1. The van der Waals surface area contributed by atoms with Gasteiger partial charge in [-0.3, -0.25) is 0 Å². The zero-order chi connectivity index (χ0) is 10.7. The molecule has 2 unspecified atom stereocenters. The summed E-state index contributed by atoms with van der Waals surface area (Å²) in [5, 5.41) is 0.581. The monoisotopic (exact) mass is 223 g/mol. The minimum Gasteiger partial charge on any atom is -0.497 e. The van der Waals surface area contributed by atoms with Gasteiger partial charge >= 0.3 is 0 Å². The number of ether oxygens (including phenoxy) is 1. The Morgan fingerprint density at radius 1 is 1.40 bits per heavy atom. The Hall–Kier alpha value is -0.670. The first-order valence-electron chi connectivity index (χ1n) is 5.36. The van der Waals surface area contributed by atoms with Crippen LogP contribution in [0.2, 0.25) is 0 Å². The average molecular weight is 223 g/mol. The molecule has 0 radical (unpaired) electrons. The lowest BCUT2D eigenvalue weighted by molar-refractivity contribution is 0.413. The molecule has 82 valence electrons. The zero-order valence-corrected chi connectivity index (χ0v) is 9.80. The van der Waals surface area contributed by atoms with Gasteiger partial charge in [-0.05, 0) is 31.0 Å². The summed E-state index contributed by atoms with van der Waals surface area (Å²) < 4.78 is 5.20. The van der Waals surface area contributed by atoms with Crippen molar-refractivity contribution in [3.63, 3.8) is 0 Å². The SMILES string of the molecule is COc1cccc(SC2CCCC2N)c1. The highest BCUT2D eigenvalue weighted by atomic mass is 32.2. The Labute approximate surface area is 95.2 Å². The minimum atomic E-state index is 0.362. The number of benzene rings is 1. The highest BCUT2D eigenvalue weighted by Gasteiger charge is 2.24. The molecule has 2 rings (SSSR count). The second-order valence-electron chi connectivity index (χ2n) is 3.93. The fraction of sp³-hybridized carbons (Fsp3) is 0.500. The van der Waals surface area contributed by atoms with E-state index in [-0.39, 0.29) is 0 Å². The molecule has 1 aliphatic carbocycles. The van der Waals surface area contributed by atoms with E-state index in [2.05, 4.69) is 12.1 Å². The van der Waals surface area contributed by atoms with Gasteiger partial charge in [0.1, 0.15) is 5.75 Å². The highest BCUT2D eigenvalue weighted by molar-refractivity contribution is 8.00. The molecule has 0 aliphatic heterocycles. The van der Waals surface area contributed by atoms with E-state index in [4.69, 9.17) is 10.5 Å².